The third kappa shape index (κ3) is 5.46. The Labute approximate surface area is 205 Å². The van der Waals surface area contributed by atoms with Gasteiger partial charge in [0.2, 0.25) is 0 Å². The minimum Gasteiger partial charge on any atom is -0.379 e. The number of amides is 3. The van der Waals surface area contributed by atoms with E-state index in [4.69, 9.17) is 10.00 Å². The summed E-state index contributed by atoms with van der Waals surface area (Å²) in [6.07, 6.45) is 1.82. The van der Waals surface area contributed by atoms with Crippen molar-refractivity contribution in [2.45, 2.75) is 51.2 Å². The summed E-state index contributed by atoms with van der Waals surface area (Å²) < 4.78 is 21.0. The first-order valence-electron chi connectivity index (χ1n) is 12.1. The van der Waals surface area contributed by atoms with E-state index >= 15 is 4.39 Å². The maximum atomic E-state index is 15.7. The molecule has 35 heavy (non-hydrogen) atoms. The summed E-state index contributed by atoms with van der Waals surface area (Å²) in [6.45, 7) is 5.60. The molecule has 2 N–H and O–H groups in total. The lowest BCUT2D eigenvalue weighted by Crippen LogP contribution is -2.43. The first-order chi connectivity index (χ1) is 16.8. The number of alkyl halides is 1. The number of hydrogen-bond donors (Lipinski definition) is 2. The van der Waals surface area contributed by atoms with Crippen molar-refractivity contribution >= 4 is 17.6 Å². The molecule has 2 aromatic rings. The minimum atomic E-state index is -1.53. The second-order valence-electron chi connectivity index (χ2n) is 9.28. The van der Waals surface area contributed by atoms with Gasteiger partial charge in [-0.25, -0.2) is 9.18 Å². The highest BCUT2D eigenvalue weighted by Crippen LogP contribution is 2.37. The van der Waals surface area contributed by atoms with E-state index in [0.717, 1.165) is 17.5 Å². The van der Waals surface area contributed by atoms with Gasteiger partial charge in [0.05, 0.1) is 24.3 Å². The van der Waals surface area contributed by atoms with Crippen LogP contribution in [0, 0.1) is 18.3 Å². The molecular weight excluding hydrogens is 447 g/mol. The zero-order chi connectivity index (χ0) is 25.0. The molecule has 1 atom stereocenters. The van der Waals surface area contributed by atoms with Gasteiger partial charge in [0, 0.05) is 43.8 Å². The quantitative estimate of drug-likeness (QED) is 0.664. The average Bonchev–Trinajstić information content (AvgIpc) is 3.38. The van der Waals surface area contributed by atoms with Crippen molar-refractivity contribution in [1.29, 1.82) is 5.26 Å². The fraction of sp³-hybridized carbons (Fsp3) is 0.444. The number of benzene rings is 2. The Balaban J connectivity index is 1.46. The van der Waals surface area contributed by atoms with E-state index in [9.17, 15) is 9.59 Å². The second kappa shape index (κ2) is 10.4. The van der Waals surface area contributed by atoms with E-state index in [1.165, 1.54) is 0 Å². The van der Waals surface area contributed by atoms with Crippen LogP contribution in [0.4, 0.5) is 14.9 Å². The lowest BCUT2D eigenvalue weighted by molar-refractivity contribution is 0.0420. The maximum absolute atomic E-state index is 15.7. The number of carbonyl (C=O) groups is 2. The monoisotopic (exact) mass is 478 g/mol. The number of rotatable bonds is 5. The summed E-state index contributed by atoms with van der Waals surface area (Å²) in [5, 5.41) is 14.7. The molecule has 0 radical (unpaired) electrons. The second-order valence-corrected chi connectivity index (χ2v) is 9.28. The predicted molar refractivity (Wildman–Crippen MR) is 131 cm³/mol. The number of aryl methyl sites for hydroxylation is 2. The Morgan fingerprint density at radius 3 is 2.54 bits per heavy atom. The van der Waals surface area contributed by atoms with Crippen molar-refractivity contribution < 1.29 is 18.7 Å². The SMILES string of the molecule is CCc1cc(C)c(NC(=O)N[C@@H]2CCOC2)cc1C(=O)N1CCC(F)(c2ccc(C#N)cc2)CC1. The van der Waals surface area contributed by atoms with Crippen LogP contribution in [0.25, 0.3) is 0 Å². The number of hydrogen-bond acceptors (Lipinski definition) is 4. The van der Waals surface area contributed by atoms with Gasteiger partial charge in [-0.1, -0.05) is 25.1 Å². The zero-order valence-electron chi connectivity index (χ0n) is 20.2. The molecule has 0 saturated carbocycles. The number of nitrogens with one attached hydrogen (secondary N) is 2. The van der Waals surface area contributed by atoms with E-state index < -0.39 is 5.67 Å². The van der Waals surface area contributed by atoms with Gasteiger partial charge in [0.15, 0.2) is 0 Å². The molecule has 2 fully saturated rings. The van der Waals surface area contributed by atoms with E-state index in [-0.39, 0.29) is 43.9 Å². The molecule has 0 aromatic heterocycles. The lowest BCUT2D eigenvalue weighted by atomic mass is 9.85. The number of ether oxygens (including phenoxy) is 1. The van der Waals surface area contributed by atoms with E-state index in [2.05, 4.69) is 10.6 Å². The molecule has 2 aromatic carbocycles. The van der Waals surface area contributed by atoms with Crippen molar-refractivity contribution in [3.63, 3.8) is 0 Å². The van der Waals surface area contributed by atoms with Gasteiger partial charge in [-0.05, 0) is 54.7 Å². The Morgan fingerprint density at radius 1 is 1.23 bits per heavy atom. The summed E-state index contributed by atoms with van der Waals surface area (Å²) in [6, 6.07) is 11.9. The van der Waals surface area contributed by atoms with Gasteiger partial charge in [-0.15, -0.1) is 0 Å². The molecule has 2 saturated heterocycles. The molecule has 2 aliphatic rings. The van der Waals surface area contributed by atoms with E-state index in [1.54, 1.807) is 35.2 Å². The van der Waals surface area contributed by atoms with Gasteiger partial charge in [-0.2, -0.15) is 5.26 Å². The standard InChI is InChI=1S/C27H31FN4O3/c1-3-20-14-18(2)24(31-26(34)30-22-8-13-35-17-22)15-23(20)25(33)32-11-9-27(28,10-12-32)21-6-4-19(16-29)5-7-21/h4-7,14-15,22H,3,8-13,17H2,1-2H3,(H2,30,31,34)/t22-/m1/s1. The number of likely N-dealkylation sites (tertiary alicyclic amines) is 1. The van der Waals surface area contributed by atoms with Gasteiger partial charge < -0.3 is 20.3 Å². The fourth-order valence-electron chi connectivity index (χ4n) is 4.75. The third-order valence-corrected chi connectivity index (χ3v) is 6.95. The zero-order valence-corrected chi connectivity index (χ0v) is 20.2. The first kappa shape index (κ1) is 24.7. The molecule has 2 heterocycles. The van der Waals surface area contributed by atoms with Gasteiger partial charge >= 0.3 is 6.03 Å². The van der Waals surface area contributed by atoms with E-state index in [1.807, 2.05) is 26.0 Å². The summed E-state index contributed by atoms with van der Waals surface area (Å²) in [5.41, 5.74) is 2.38. The Kier molecular flexibility index (Phi) is 7.37. The molecule has 184 valence electrons. The molecule has 7 nitrogen and oxygen atoms in total. The molecule has 4 rings (SSSR count). The molecule has 0 spiro atoms. The predicted octanol–water partition coefficient (Wildman–Crippen LogP) is 4.44. The molecule has 0 unspecified atom stereocenters. The highest BCUT2D eigenvalue weighted by Gasteiger charge is 2.38. The average molecular weight is 479 g/mol. The van der Waals surface area contributed by atoms with Crippen LogP contribution < -0.4 is 10.6 Å². The number of urea groups is 1. The Bertz CT molecular complexity index is 1130. The van der Waals surface area contributed by atoms with Gasteiger partial charge in [0.1, 0.15) is 5.67 Å². The largest absolute Gasteiger partial charge is 0.379 e. The number of nitriles is 1. The molecule has 2 aliphatic heterocycles. The summed E-state index contributed by atoms with van der Waals surface area (Å²) in [7, 11) is 0. The fourth-order valence-corrected chi connectivity index (χ4v) is 4.75. The van der Waals surface area contributed by atoms with Gasteiger partial charge in [0.25, 0.3) is 5.91 Å². The van der Waals surface area contributed by atoms with Crippen LogP contribution in [0.15, 0.2) is 36.4 Å². The first-order valence-corrected chi connectivity index (χ1v) is 12.1. The smallest absolute Gasteiger partial charge is 0.319 e. The molecule has 8 heteroatoms. The van der Waals surface area contributed by atoms with Crippen molar-refractivity contribution in [3.05, 3.63) is 64.2 Å². The van der Waals surface area contributed by atoms with Crippen LogP contribution in [0.2, 0.25) is 0 Å². The van der Waals surface area contributed by atoms with Crippen molar-refractivity contribution in [1.82, 2.24) is 10.2 Å². The maximum Gasteiger partial charge on any atom is 0.319 e. The van der Waals surface area contributed by atoms with Crippen LogP contribution in [0.5, 0.6) is 0 Å². The lowest BCUT2D eigenvalue weighted by Gasteiger charge is -2.37. The van der Waals surface area contributed by atoms with Crippen LogP contribution in [0.1, 0.15) is 58.8 Å². The minimum absolute atomic E-state index is 0.0169. The van der Waals surface area contributed by atoms with Gasteiger partial charge in [-0.3, -0.25) is 4.79 Å². The topological polar surface area (TPSA) is 94.5 Å². The number of piperidine rings is 1. The van der Waals surface area contributed by atoms with Crippen LogP contribution in [0.3, 0.4) is 0 Å². The molecule has 0 aliphatic carbocycles. The third-order valence-electron chi connectivity index (χ3n) is 6.95. The van der Waals surface area contributed by atoms with Crippen molar-refractivity contribution in [2.24, 2.45) is 0 Å². The number of halogens is 1. The normalized spacial score (nSPS) is 19.1. The summed E-state index contributed by atoms with van der Waals surface area (Å²) in [4.78, 5) is 27.6. The number of anilines is 1. The van der Waals surface area contributed by atoms with Crippen LogP contribution in [-0.2, 0) is 16.8 Å². The highest BCUT2D eigenvalue weighted by molar-refractivity contribution is 5.99. The van der Waals surface area contributed by atoms with Crippen LogP contribution >= 0.6 is 0 Å². The molecule has 3 amide bonds. The van der Waals surface area contributed by atoms with Crippen molar-refractivity contribution in [3.8, 4) is 6.07 Å². The number of carbonyl (C=O) groups excluding carboxylic acids is 2. The summed E-state index contributed by atoms with van der Waals surface area (Å²) >= 11 is 0. The Morgan fingerprint density at radius 2 is 1.94 bits per heavy atom. The van der Waals surface area contributed by atoms with E-state index in [0.29, 0.717) is 42.0 Å². The highest BCUT2D eigenvalue weighted by atomic mass is 19.1. The molecule has 0 bridgehead atoms. The molecular formula is C27H31FN4O3. The number of nitrogens with zero attached hydrogens (tertiary/aromatic N) is 2. The van der Waals surface area contributed by atoms with Crippen LogP contribution in [-0.4, -0.2) is 49.2 Å². The van der Waals surface area contributed by atoms with Crippen molar-refractivity contribution in [2.75, 3.05) is 31.6 Å². The summed E-state index contributed by atoms with van der Waals surface area (Å²) in [5.74, 6) is -0.156. The Hall–Kier alpha value is -3.44.